The number of rotatable bonds is 5. The van der Waals surface area contributed by atoms with Crippen molar-refractivity contribution in [1.29, 1.82) is 0 Å². The molecule has 128 valence electrons. The average Bonchev–Trinajstić information content (AvgIpc) is 2.48. The largest absolute Gasteiger partial charge is 0.322 e. The van der Waals surface area contributed by atoms with Crippen molar-refractivity contribution < 1.29 is 13.2 Å². The van der Waals surface area contributed by atoms with Gasteiger partial charge in [-0.3, -0.25) is 9.52 Å². The van der Waals surface area contributed by atoms with E-state index < -0.39 is 10.0 Å². The summed E-state index contributed by atoms with van der Waals surface area (Å²) in [4.78, 5) is 12.5. The molecule has 0 aliphatic heterocycles. The maximum absolute atomic E-state index is 12.5. The molecule has 0 aliphatic carbocycles. The Bertz CT molecular complexity index is 858. The fraction of sp³-hybridized carbons (Fsp3) is 0.278. The Hall–Kier alpha value is -2.34. The maximum atomic E-state index is 12.5. The van der Waals surface area contributed by atoms with Crippen molar-refractivity contribution in [2.75, 3.05) is 16.3 Å². The molecule has 5 nitrogen and oxygen atoms in total. The highest BCUT2D eigenvalue weighted by Crippen LogP contribution is 2.25. The van der Waals surface area contributed by atoms with Crippen molar-refractivity contribution in [3.63, 3.8) is 0 Å². The van der Waals surface area contributed by atoms with Crippen LogP contribution in [0.1, 0.15) is 41.3 Å². The zero-order valence-corrected chi connectivity index (χ0v) is 15.1. The lowest BCUT2D eigenvalue weighted by atomic mass is 10.0. The minimum absolute atomic E-state index is 0.278. The molecule has 2 N–H and O–H groups in total. The van der Waals surface area contributed by atoms with Gasteiger partial charge in [-0.25, -0.2) is 8.42 Å². The van der Waals surface area contributed by atoms with Crippen LogP contribution < -0.4 is 10.0 Å². The first kappa shape index (κ1) is 18.0. The van der Waals surface area contributed by atoms with Crippen LogP contribution >= 0.6 is 0 Å². The minimum atomic E-state index is -3.40. The van der Waals surface area contributed by atoms with Crippen molar-refractivity contribution in [1.82, 2.24) is 0 Å². The molecule has 6 heteroatoms. The lowest BCUT2D eigenvalue weighted by molar-refractivity contribution is 0.102. The van der Waals surface area contributed by atoms with E-state index in [-0.39, 0.29) is 11.8 Å². The molecule has 0 aromatic heterocycles. The minimum Gasteiger partial charge on any atom is -0.322 e. The molecule has 2 aromatic carbocycles. The summed E-state index contributed by atoms with van der Waals surface area (Å²) in [6, 6.07) is 12.6. The third-order valence-electron chi connectivity index (χ3n) is 3.63. The van der Waals surface area contributed by atoms with E-state index >= 15 is 0 Å². The second kappa shape index (κ2) is 7.05. The Morgan fingerprint density at radius 1 is 1.04 bits per heavy atom. The van der Waals surface area contributed by atoms with Gasteiger partial charge >= 0.3 is 0 Å². The van der Waals surface area contributed by atoms with Crippen LogP contribution in [0.3, 0.4) is 0 Å². The Balaban J connectivity index is 2.30. The van der Waals surface area contributed by atoms with Gasteiger partial charge in [0.2, 0.25) is 10.0 Å². The summed E-state index contributed by atoms with van der Waals surface area (Å²) >= 11 is 0. The van der Waals surface area contributed by atoms with Crippen LogP contribution in [0.4, 0.5) is 11.4 Å². The van der Waals surface area contributed by atoms with Gasteiger partial charge in [0.1, 0.15) is 0 Å². The fourth-order valence-electron chi connectivity index (χ4n) is 2.38. The van der Waals surface area contributed by atoms with E-state index in [1.807, 2.05) is 24.3 Å². The molecule has 0 aliphatic rings. The van der Waals surface area contributed by atoms with Crippen molar-refractivity contribution in [3.05, 3.63) is 59.2 Å². The number of hydrogen-bond donors (Lipinski definition) is 2. The van der Waals surface area contributed by atoms with Crippen LogP contribution in [0.5, 0.6) is 0 Å². The molecule has 2 aromatic rings. The summed E-state index contributed by atoms with van der Waals surface area (Å²) in [6.07, 6.45) is 1.08. The lowest BCUT2D eigenvalue weighted by Crippen LogP contribution is -2.15. The summed E-state index contributed by atoms with van der Waals surface area (Å²) in [5.41, 5.74) is 3.36. The predicted molar refractivity (Wildman–Crippen MR) is 98.1 cm³/mol. The molecule has 2 rings (SSSR count). The molecule has 0 atom stereocenters. The first-order chi connectivity index (χ1) is 11.2. The number of hydrogen-bond acceptors (Lipinski definition) is 3. The summed E-state index contributed by atoms with van der Waals surface area (Å²) in [7, 11) is -3.40. The molecule has 1 amide bonds. The Morgan fingerprint density at radius 2 is 1.71 bits per heavy atom. The van der Waals surface area contributed by atoms with Crippen LogP contribution in [0.25, 0.3) is 0 Å². The van der Waals surface area contributed by atoms with E-state index in [1.165, 1.54) is 0 Å². The highest BCUT2D eigenvalue weighted by Gasteiger charge is 2.13. The van der Waals surface area contributed by atoms with Gasteiger partial charge in [-0.2, -0.15) is 0 Å². The quantitative estimate of drug-likeness (QED) is 0.866. The number of nitrogens with one attached hydrogen (secondary N) is 2. The topological polar surface area (TPSA) is 75.3 Å². The highest BCUT2D eigenvalue weighted by molar-refractivity contribution is 7.92. The number of anilines is 2. The van der Waals surface area contributed by atoms with Gasteiger partial charge in [0.05, 0.1) is 11.9 Å². The van der Waals surface area contributed by atoms with Crippen molar-refractivity contribution in [3.8, 4) is 0 Å². The Labute approximate surface area is 143 Å². The molecule has 0 saturated heterocycles. The van der Waals surface area contributed by atoms with Crippen molar-refractivity contribution in [2.45, 2.75) is 26.7 Å². The van der Waals surface area contributed by atoms with Crippen molar-refractivity contribution >= 4 is 27.3 Å². The second-order valence-corrected chi connectivity index (χ2v) is 7.85. The van der Waals surface area contributed by atoms with E-state index in [4.69, 9.17) is 0 Å². The first-order valence-corrected chi connectivity index (χ1v) is 9.55. The zero-order chi connectivity index (χ0) is 17.9. The summed E-state index contributed by atoms with van der Waals surface area (Å²) in [6.45, 7) is 5.90. The van der Waals surface area contributed by atoms with Gasteiger partial charge in [0.15, 0.2) is 0 Å². The van der Waals surface area contributed by atoms with Crippen LogP contribution in [-0.2, 0) is 10.0 Å². The van der Waals surface area contributed by atoms with Crippen LogP contribution in [0.2, 0.25) is 0 Å². The Morgan fingerprint density at radius 3 is 2.33 bits per heavy atom. The maximum Gasteiger partial charge on any atom is 0.255 e. The fourth-order valence-corrected chi connectivity index (χ4v) is 3.00. The van der Waals surface area contributed by atoms with Gasteiger partial charge in [-0.05, 0) is 42.2 Å². The van der Waals surface area contributed by atoms with Crippen LogP contribution in [0.15, 0.2) is 42.5 Å². The van der Waals surface area contributed by atoms with E-state index in [0.29, 0.717) is 11.3 Å². The second-order valence-electron chi connectivity index (χ2n) is 6.10. The number of amides is 1. The smallest absolute Gasteiger partial charge is 0.255 e. The first-order valence-electron chi connectivity index (χ1n) is 7.66. The molecule has 0 bridgehead atoms. The zero-order valence-electron chi connectivity index (χ0n) is 14.3. The number of carbonyl (C=O) groups is 1. The van der Waals surface area contributed by atoms with E-state index in [2.05, 4.69) is 23.9 Å². The number of benzene rings is 2. The van der Waals surface area contributed by atoms with Gasteiger partial charge in [0.25, 0.3) is 5.91 Å². The van der Waals surface area contributed by atoms with Crippen molar-refractivity contribution in [2.24, 2.45) is 0 Å². The molecule has 0 spiro atoms. The molecule has 24 heavy (non-hydrogen) atoms. The molecule has 0 fully saturated rings. The lowest BCUT2D eigenvalue weighted by Gasteiger charge is -2.14. The Kier molecular flexibility index (Phi) is 5.29. The average molecular weight is 346 g/mol. The van der Waals surface area contributed by atoms with Crippen LogP contribution in [0, 0.1) is 6.92 Å². The van der Waals surface area contributed by atoms with Crippen LogP contribution in [-0.4, -0.2) is 20.6 Å². The normalized spacial score (nSPS) is 11.4. The third-order valence-corrected chi connectivity index (χ3v) is 4.22. The number of sulfonamides is 1. The van der Waals surface area contributed by atoms with Gasteiger partial charge in [-0.1, -0.05) is 38.1 Å². The SMILES string of the molecule is Cc1ccc(C(=O)Nc2ccccc2C(C)C)cc1NS(C)(=O)=O. The molecule has 0 unspecified atom stereocenters. The summed E-state index contributed by atoms with van der Waals surface area (Å²) < 4.78 is 25.3. The van der Waals surface area contributed by atoms with E-state index in [9.17, 15) is 13.2 Å². The molecule has 0 radical (unpaired) electrons. The number of aryl methyl sites for hydroxylation is 1. The van der Waals surface area contributed by atoms with Gasteiger partial charge in [-0.15, -0.1) is 0 Å². The summed E-state index contributed by atoms with van der Waals surface area (Å²) in [5.74, 6) is 0.00151. The molecular formula is C18H22N2O3S. The van der Waals surface area contributed by atoms with E-state index in [1.54, 1.807) is 25.1 Å². The third kappa shape index (κ3) is 4.58. The number of carbonyl (C=O) groups excluding carboxylic acids is 1. The predicted octanol–water partition coefficient (Wildman–Crippen LogP) is 3.74. The number of para-hydroxylation sites is 1. The van der Waals surface area contributed by atoms with E-state index in [0.717, 1.165) is 23.1 Å². The monoisotopic (exact) mass is 346 g/mol. The highest BCUT2D eigenvalue weighted by atomic mass is 32.2. The standard InChI is InChI=1S/C18H22N2O3S/c1-12(2)15-7-5-6-8-16(15)19-18(21)14-10-9-13(3)17(11-14)20-24(4,22)23/h5-12,20H,1-4H3,(H,19,21). The summed E-state index contributed by atoms with van der Waals surface area (Å²) in [5, 5.41) is 2.90. The molecule has 0 saturated carbocycles. The molecular weight excluding hydrogens is 324 g/mol. The van der Waals surface area contributed by atoms with Gasteiger partial charge < -0.3 is 5.32 Å². The van der Waals surface area contributed by atoms with Gasteiger partial charge in [0, 0.05) is 11.3 Å². The molecule has 0 heterocycles.